The van der Waals surface area contributed by atoms with Crippen LogP contribution in [-0.2, 0) is 4.79 Å². The topological polar surface area (TPSA) is 88.6 Å². The first-order chi connectivity index (χ1) is 13.7. The molecule has 2 aromatic carbocycles. The number of hydrogen-bond donors (Lipinski definition) is 2. The van der Waals surface area contributed by atoms with Crippen molar-refractivity contribution in [1.29, 1.82) is 0 Å². The van der Waals surface area contributed by atoms with Gasteiger partial charge in [-0.1, -0.05) is 30.8 Å². The van der Waals surface area contributed by atoms with Crippen LogP contribution in [0.5, 0.6) is 11.5 Å². The summed E-state index contributed by atoms with van der Waals surface area (Å²) in [5.41, 5.74) is 5.14. The van der Waals surface area contributed by atoms with E-state index in [1.807, 2.05) is 49.4 Å². The van der Waals surface area contributed by atoms with Crippen LogP contribution in [0, 0.1) is 0 Å². The molecule has 0 aliphatic rings. The zero-order chi connectivity index (χ0) is 19.8. The zero-order valence-corrected chi connectivity index (χ0v) is 16.6. The number of thioether (sulfide) groups is 1. The smallest absolute Gasteiger partial charge is 0.250 e. The fourth-order valence-electron chi connectivity index (χ4n) is 2.44. The van der Waals surface area contributed by atoms with Crippen molar-refractivity contribution in [1.82, 2.24) is 15.4 Å². The van der Waals surface area contributed by atoms with E-state index in [1.54, 1.807) is 13.3 Å². The highest BCUT2D eigenvalue weighted by atomic mass is 32.2. The Balaban J connectivity index is 1.51. The summed E-state index contributed by atoms with van der Waals surface area (Å²) < 4.78 is 11.0. The first-order valence-electron chi connectivity index (χ1n) is 8.90. The number of hydrazone groups is 1. The van der Waals surface area contributed by atoms with E-state index >= 15 is 0 Å². The molecular formula is C20H22N4O3S. The van der Waals surface area contributed by atoms with Gasteiger partial charge in [0.1, 0.15) is 0 Å². The largest absolute Gasteiger partial charge is 0.493 e. The average Bonchev–Trinajstić information content (AvgIpc) is 3.14. The Hall–Kier alpha value is -3.00. The van der Waals surface area contributed by atoms with Crippen molar-refractivity contribution in [3.05, 3.63) is 48.0 Å². The van der Waals surface area contributed by atoms with Crippen molar-refractivity contribution in [3.8, 4) is 11.5 Å². The number of nitrogens with one attached hydrogen (secondary N) is 2. The van der Waals surface area contributed by atoms with Crippen LogP contribution in [-0.4, -0.2) is 41.6 Å². The summed E-state index contributed by atoms with van der Waals surface area (Å²) in [5, 5.41) is 4.70. The predicted octanol–water partition coefficient (Wildman–Crippen LogP) is 3.60. The quantitative estimate of drug-likeness (QED) is 0.327. The molecule has 0 saturated heterocycles. The van der Waals surface area contributed by atoms with Crippen molar-refractivity contribution in [3.63, 3.8) is 0 Å². The van der Waals surface area contributed by atoms with Crippen LogP contribution in [0.2, 0.25) is 0 Å². The number of methoxy groups -OCH3 is 1. The van der Waals surface area contributed by atoms with Gasteiger partial charge in [-0.05, 0) is 42.3 Å². The molecule has 3 aromatic rings. The van der Waals surface area contributed by atoms with Crippen LogP contribution >= 0.6 is 11.8 Å². The number of H-pyrrole nitrogens is 1. The highest BCUT2D eigenvalue weighted by molar-refractivity contribution is 7.99. The van der Waals surface area contributed by atoms with Gasteiger partial charge in [-0.25, -0.2) is 10.4 Å². The van der Waals surface area contributed by atoms with Crippen LogP contribution in [0.25, 0.3) is 11.0 Å². The van der Waals surface area contributed by atoms with Crippen molar-refractivity contribution in [2.45, 2.75) is 18.5 Å². The van der Waals surface area contributed by atoms with E-state index in [1.165, 1.54) is 11.8 Å². The van der Waals surface area contributed by atoms with Crippen molar-refractivity contribution in [2.75, 3.05) is 19.5 Å². The number of rotatable bonds is 9. The number of aromatic nitrogens is 2. The fraction of sp³-hybridized carbons (Fsp3) is 0.250. The third kappa shape index (κ3) is 5.26. The number of para-hydroxylation sites is 2. The summed E-state index contributed by atoms with van der Waals surface area (Å²) in [6.45, 7) is 2.67. The molecule has 0 spiro atoms. The minimum absolute atomic E-state index is 0.212. The molecule has 1 aromatic heterocycles. The summed E-state index contributed by atoms with van der Waals surface area (Å²) in [4.78, 5) is 19.6. The summed E-state index contributed by atoms with van der Waals surface area (Å²) in [5.74, 6) is 1.32. The van der Waals surface area contributed by atoms with E-state index in [-0.39, 0.29) is 11.7 Å². The van der Waals surface area contributed by atoms with Crippen molar-refractivity contribution < 1.29 is 14.3 Å². The maximum atomic E-state index is 12.0. The normalized spacial score (nSPS) is 11.1. The summed E-state index contributed by atoms with van der Waals surface area (Å²) in [6.07, 6.45) is 2.49. The Bertz CT molecular complexity index is 938. The van der Waals surface area contributed by atoms with E-state index in [0.29, 0.717) is 23.3 Å². The van der Waals surface area contributed by atoms with E-state index in [9.17, 15) is 4.79 Å². The second kappa shape index (κ2) is 9.80. The van der Waals surface area contributed by atoms with Crippen LogP contribution in [0.4, 0.5) is 0 Å². The van der Waals surface area contributed by atoms with Gasteiger partial charge in [0.05, 0.1) is 36.7 Å². The molecule has 28 heavy (non-hydrogen) atoms. The van der Waals surface area contributed by atoms with Crippen molar-refractivity contribution in [2.24, 2.45) is 5.10 Å². The number of fused-ring (bicyclic) bond motifs is 1. The Morgan fingerprint density at radius 1 is 1.29 bits per heavy atom. The van der Waals surface area contributed by atoms with Gasteiger partial charge in [-0.15, -0.1) is 0 Å². The van der Waals surface area contributed by atoms with E-state index < -0.39 is 0 Å². The first-order valence-corrected chi connectivity index (χ1v) is 9.88. The van der Waals surface area contributed by atoms with Gasteiger partial charge < -0.3 is 14.5 Å². The predicted molar refractivity (Wildman–Crippen MR) is 111 cm³/mol. The number of hydrogen-bond acceptors (Lipinski definition) is 6. The Labute approximate surface area is 167 Å². The average molecular weight is 398 g/mol. The Morgan fingerprint density at radius 3 is 2.93 bits per heavy atom. The number of ether oxygens (including phenoxy) is 2. The molecule has 0 atom stereocenters. The van der Waals surface area contributed by atoms with Gasteiger partial charge in [-0.3, -0.25) is 4.79 Å². The lowest BCUT2D eigenvalue weighted by molar-refractivity contribution is -0.118. The maximum absolute atomic E-state index is 12.0. The number of carbonyl (C=O) groups excluding carboxylic acids is 1. The van der Waals surface area contributed by atoms with Gasteiger partial charge in [0.25, 0.3) is 5.91 Å². The molecule has 3 rings (SSSR count). The molecule has 7 nitrogen and oxygen atoms in total. The van der Waals surface area contributed by atoms with Crippen LogP contribution < -0.4 is 14.9 Å². The fourth-order valence-corrected chi connectivity index (χ4v) is 3.12. The first kappa shape index (κ1) is 19.8. The number of nitrogens with zero attached hydrogens (tertiary/aromatic N) is 2. The highest BCUT2D eigenvalue weighted by Gasteiger charge is 2.07. The van der Waals surface area contributed by atoms with Crippen LogP contribution in [0.15, 0.2) is 52.7 Å². The summed E-state index contributed by atoms with van der Waals surface area (Å²) >= 11 is 1.33. The van der Waals surface area contributed by atoms with Gasteiger partial charge in [-0.2, -0.15) is 5.10 Å². The molecule has 2 N–H and O–H groups in total. The minimum Gasteiger partial charge on any atom is -0.493 e. The second-order valence-corrected chi connectivity index (χ2v) is 6.86. The summed E-state index contributed by atoms with van der Waals surface area (Å²) in [6, 6.07) is 13.2. The summed E-state index contributed by atoms with van der Waals surface area (Å²) in [7, 11) is 1.59. The van der Waals surface area contributed by atoms with Gasteiger partial charge in [0.15, 0.2) is 16.7 Å². The molecule has 0 bridgehead atoms. The lowest BCUT2D eigenvalue weighted by atomic mass is 10.2. The Morgan fingerprint density at radius 2 is 2.14 bits per heavy atom. The standard InChI is InChI=1S/C20H22N4O3S/c1-3-10-27-17-9-8-14(11-18(17)26-2)12-21-24-19(25)13-28-20-22-15-6-4-5-7-16(15)23-20/h4-9,11-12H,3,10,13H2,1-2H3,(H,22,23)(H,24,25)/b21-12-. The molecule has 0 aliphatic heterocycles. The maximum Gasteiger partial charge on any atom is 0.250 e. The second-order valence-electron chi connectivity index (χ2n) is 5.90. The lowest BCUT2D eigenvalue weighted by Gasteiger charge is -2.10. The molecule has 0 fully saturated rings. The van der Waals surface area contributed by atoms with Gasteiger partial charge in [0, 0.05) is 0 Å². The molecule has 146 valence electrons. The molecule has 0 radical (unpaired) electrons. The molecule has 8 heteroatoms. The molecule has 1 amide bonds. The molecule has 0 saturated carbocycles. The third-order valence-corrected chi connectivity index (χ3v) is 4.63. The molecule has 1 heterocycles. The van der Waals surface area contributed by atoms with E-state index in [4.69, 9.17) is 9.47 Å². The monoisotopic (exact) mass is 398 g/mol. The SMILES string of the molecule is CCCOc1ccc(/C=N\NC(=O)CSc2nc3ccccc3[nH]2)cc1OC. The zero-order valence-electron chi connectivity index (χ0n) is 15.8. The lowest BCUT2D eigenvalue weighted by Crippen LogP contribution is -2.19. The molecular weight excluding hydrogens is 376 g/mol. The van der Waals surface area contributed by atoms with Crippen LogP contribution in [0.3, 0.4) is 0 Å². The van der Waals surface area contributed by atoms with Crippen molar-refractivity contribution >= 4 is 34.9 Å². The third-order valence-electron chi connectivity index (χ3n) is 3.76. The van der Waals surface area contributed by atoms with E-state index in [0.717, 1.165) is 23.0 Å². The van der Waals surface area contributed by atoms with Gasteiger partial charge >= 0.3 is 0 Å². The highest BCUT2D eigenvalue weighted by Crippen LogP contribution is 2.27. The van der Waals surface area contributed by atoms with Crippen LogP contribution in [0.1, 0.15) is 18.9 Å². The number of benzene rings is 2. The number of carbonyl (C=O) groups is 1. The number of amides is 1. The Kier molecular flexibility index (Phi) is 6.91. The van der Waals surface area contributed by atoms with Gasteiger partial charge in [0.2, 0.25) is 0 Å². The number of imidazole rings is 1. The number of aromatic amines is 1. The van der Waals surface area contributed by atoms with E-state index in [2.05, 4.69) is 20.5 Å². The molecule has 0 unspecified atom stereocenters. The molecule has 0 aliphatic carbocycles. The minimum atomic E-state index is -0.212.